The molecule has 0 aromatic heterocycles. The van der Waals surface area contributed by atoms with Crippen LogP contribution < -0.4 is 10.6 Å². The second kappa shape index (κ2) is 6.96. The lowest BCUT2D eigenvalue weighted by Gasteiger charge is -2.49. The topological polar surface area (TPSA) is 49.5 Å². The van der Waals surface area contributed by atoms with E-state index in [1.807, 2.05) is 32.3 Å². The SMILES string of the molecule is CN(C)c1ccc(C2(O)CCCCC2C(C)(C)c2ccccc2N)cc1. The van der Waals surface area contributed by atoms with Gasteiger partial charge in [0.2, 0.25) is 0 Å². The number of anilines is 2. The number of aliphatic hydroxyl groups is 1. The molecule has 3 N–H and O–H groups in total. The predicted octanol–water partition coefficient (Wildman–Crippen LogP) is 4.69. The Hall–Kier alpha value is -2.00. The smallest absolute Gasteiger partial charge is 0.0932 e. The maximum atomic E-state index is 11.9. The van der Waals surface area contributed by atoms with E-state index in [4.69, 9.17) is 5.73 Å². The largest absolute Gasteiger partial charge is 0.398 e. The molecule has 26 heavy (non-hydrogen) atoms. The molecule has 0 aliphatic heterocycles. The Bertz CT molecular complexity index is 751. The first-order valence-corrected chi connectivity index (χ1v) is 9.62. The summed E-state index contributed by atoms with van der Waals surface area (Å²) in [4.78, 5) is 2.08. The molecule has 1 saturated carbocycles. The number of para-hydroxylation sites is 1. The van der Waals surface area contributed by atoms with E-state index in [0.29, 0.717) is 0 Å². The monoisotopic (exact) mass is 352 g/mol. The summed E-state index contributed by atoms with van der Waals surface area (Å²) in [5, 5.41) is 11.9. The van der Waals surface area contributed by atoms with Crippen molar-refractivity contribution >= 4 is 11.4 Å². The average Bonchev–Trinajstić information content (AvgIpc) is 2.62. The molecule has 0 saturated heterocycles. The van der Waals surface area contributed by atoms with Crippen molar-refractivity contribution in [3.05, 3.63) is 59.7 Å². The van der Waals surface area contributed by atoms with E-state index in [0.717, 1.165) is 48.2 Å². The van der Waals surface area contributed by atoms with Crippen LogP contribution in [-0.4, -0.2) is 19.2 Å². The van der Waals surface area contributed by atoms with Gasteiger partial charge in [0, 0.05) is 31.4 Å². The molecule has 0 amide bonds. The Morgan fingerprint density at radius 1 is 1.04 bits per heavy atom. The van der Waals surface area contributed by atoms with Crippen molar-refractivity contribution in [1.29, 1.82) is 0 Å². The second-order valence-electron chi connectivity index (χ2n) is 8.47. The van der Waals surface area contributed by atoms with Gasteiger partial charge in [-0.15, -0.1) is 0 Å². The number of nitrogens with zero attached hydrogens (tertiary/aromatic N) is 1. The number of nitrogen functional groups attached to an aromatic ring is 1. The predicted molar refractivity (Wildman–Crippen MR) is 111 cm³/mol. The van der Waals surface area contributed by atoms with Crippen molar-refractivity contribution in [1.82, 2.24) is 0 Å². The zero-order valence-corrected chi connectivity index (χ0v) is 16.5. The maximum Gasteiger partial charge on any atom is 0.0932 e. The highest BCUT2D eigenvalue weighted by molar-refractivity contribution is 5.52. The molecule has 2 unspecified atom stereocenters. The van der Waals surface area contributed by atoms with E-state index in [1.54, 1.807) is 0 Å². The average molecular weight is 353 g/mol. The van der Waals surface area contributed by atoms with Gasteiger partial charge < -0.3 is 15.7 Å². The Morgan fingerprint density at radius 3 is 2.31 bits per heavy atom. The molecule has 2 aromatic rings. The number of hydrogen-bond acceptors (Lipinski definition) is 3. The molecule has 3 rings (SSSR count). The Morgan fingerprint density at radius 2 is 1.69 bits per heavy atom. The first-order valence-electron chi connectivity index (χ1n) is 9.62. The minimum absolute atomic E-state index is 0.124. The number of nitrogens with two attached hydrogens (primary N) is 1. The fourth-order valence-electron chi connectivity index (χ4n) is 4.78. The van der Waals surface area contributed by atoms with E-state index in [1.165, 1.54) is 0 Å². The summed E-state index contributed by atoms with van der Waals surface area (Å²) in [6.07, 6.45) is 4.02. The molecule has 3 nitrogen and oxygen atoms in total. The number of hydrogen-bond donors (Lipinski definition) is 2. The minimum atomic E-state index is -0.825. The molecular formula is C23H32N2O. The van der Waals surface area contributed by atoms with Crippen molar-refractivity contribution < 1.29 is 5.11 Å². The molecule has 2 aromatic carbocycles. The van der Waals surface area contributed by atoms with Crippen LogP contribution in [0.15, 0.2) is 48.5 Å². The summed E-state index contributed by atoms with van der Waals surface area (Å²) in [6, 6.07) is 16.5. The lowest BCUT2D eigenvalue weighted by molar-refractivity contribution is -0.0810. The third-order valence-corrected chi connectivity index (χ3v) is 6.29. The summed E-state index contributed by atoms with van der Waals surface area (Å²) >= 11 is 0. The van der Waals surface area contributed by atoms with Crippen LogP contribution in [-0.2, 0) is 11.0 Å². The summed E-state index contributed by atoms with van der Waals surface area (Å²) in [6.45, 7) is 4.46. The van der Waals surface area contributed by atoms with Crippen molar-refractivity contribution in [2.45, 2.75) is 50.5 Å². The quantitative estimate of drug-likeness (QED) is 0.785. The fraction of sp³-hybridized carbons (Fsp3) is 0.478. The summed E-state index contributed by atoms with van der Waals surface area (Å²) in [5.41, 5.74) is 9.40. The fourth-order valence-corrected chi connectivity index (χ4v) is 4.78. The molecule has 1 aliphatic carbocycles. The van der Waals surface area contributed by atoms with Gasteiger partial charge in [-0.2, -0.15) is 0 Å². The molecule has 1 fully saturated rings. The first kappa shape index (κ1) is 18.8. The van der Waals surface area contributed by atoms with Crippen LogP contribution in [0.25, 0.3) is 0 Å². The molecule has 0 radical (unpaired) electrons. The Labute approximate surface area is 157 Å². The van der Waals surface area contributed by atoms with Crippen LogP contribution in [0.2, 0.25) is 0 Å². The third kappa shape index (κ3) is 3.21. The number of rotatable bonds is 4. The van der Waals surface area contributed by atoms with E-state index in [9.17, 15) is 5.11 Å². The van der Waals surface area contributed by atoms with E-state index < -0.39 is 5.60 Å². The third-order valence-electron chi connectivity index (χ3n) is 6.29. The Kier molecular flexibility index (Phi) is 5.03. The summed E-state index contributed by atoms with van der Waals surface area (Å²) in [5.74, 6) is 0.124. The minimum Gasteiger partial charge on any atom is -0.398 e. The maximum absolute atomic E-state index is 11.9. The Balaban J connectivity index is 2.03. The van der Waals surface area contributed by atoms with Crippen LogP contribution in [0.1, 0.15) is 50.7 Å². The first-order chi connectivity index (χ1) is 12.3. The van der Waals surface area contributed by atoms with Crippen LogP contribution in [0.4, 0.5) is 11.4 Å². The molecule has 0 bridgehead atoms. The molecule has 140 valence electrons. The van der Waals surface area contributed by atoms with Gasteiger partial charge >= 0.3 is 0 Å². The normalized spacial score (nSPS) is 23.7. The lowest BCUT2D eigenvalue weighted by atomic mass is 9.58. The van der Waals surface area contributed by atoms with Gasteiger partial charge in [0.1, 0.15) is 0 Å². The van der Waals surface area contributed by atoms with Crippen molar-refractivity contribution in [3.8, 4) is 0 Å². The lowest BCUT2D eigenvalue weighted by Crippen LogP contribution is -2.47. The highest BCUT2D eigenvalue weighted by Crippen LogP contribution is 2.51. The van der Waals surface area contributed by atoms with Crippen molar-refractivity contribution in [2.24, 2.45) is 5.92 Å². The molecule has 1 aliphatic rings. The van der Waals surface area contributed by atoms with Crippen LogP contribution in [0, 0.1) is 5.92 Å². The molecule has 0 spiro atoms. The van der Waals surface area contributed by atoms with Crippen LogP contribution >= 0.6 is 0 Å². The van der Waals surface area contributed by atoms with Crippen molar-refractivity contribution in [3.63, 3.8) is 0 Å². The van der Waals surface area contributed by atoms with Crippen LogP contribution in [0.5, 0.6) is 0 Å². The second-order valence-corrected chi connectivity index (χ2v) is 8.47. The van der Waals surface area contributed by atoms with Gasteiger partial charge in [-0.1, -0.05) is 57.0 Å². The summed E-state index contributed by atoms with van der Waals surface area (Å²) < 4.78 is 0. The highest BCUT2D eigenvalue weighted by atomic mass is 16.3. The van der Waals surface area contributed by atoms with Gasteiger partial charge in [-0.25, -0.2) is 0 Å². The van der Waals surface area contributed by atoms with Gasteiger partial charge in [0.05, 0.1) is 5.60 Å². The molecule has 3 heteroatoms. The van der Waals surface area contributed by atoms with Crippen molar-refractivity contribution in [2.75, 3.05) is 24.7 Å². The van der Waals surface area contributed by atoms with Crippen LogP contribution in [0.3, 0.4) is 0 Å². The zero-order valence-electron chi connectivity index (χ0n) is 16.5. The van der Waals surface area contributed by atoms with Gasteiger partial charge in [0.25, 0.3) is 0 Å². The molecule has 2 atom stereocenters. The molecule has 0 heterocycles. The number of benzene rings is 2. The van der Waals surface area contributed by atoms with Gasteiger partial charge in [0.15, 0.2) is 0 Å². The summed E-state index contributed by atoms with van der Waals surface area (Å²) in [7, 11) is 4.07. The van der Waals surface area contributed by atoms with Gasteiger partial charge in [-0.05, 0) is 47.6 Å². The van der Waals surface area contributed by atoms with E-state index >= 15 is 0 Å². The van der Waals surface area contributed by atoms with E-state index in [-0.39, 0.29) is 11.3 Å². The van der Waals surface area contributed by atoms with E-state index in [2.05, 4.69) is 49.1 Å². The zero-order chi connectivity index (χ0) is 18.9. The van der Waals surface area contributed by atoms with Gasteiger partial charge in [-0.3, -0.25) is 0 Å². The highest BCUT2D eigenvalue weighted by Gasteiger charge is 2.48. The molecular weight excluding hydrogens is 320 g/mol. The standard InChI is InChI=1S/C23H32N2O/c1-22(2,19-9-5-6-10-20(19)24)21-11-7-8-16-23(21,26)17-12-14-18(15-13-17)25(3)4/h5-6,9-10,12-15,21,26H,7-8,11,16,24H2,1-4H3.